The Kier molecular flexibility index (Phi) is 7.18. The first-order valence-electron chi connectivity index (χ1n) is 6.86. The molecule has 0 heterocycles. The minimum Gasteiger partial charge on any atom is -0.480 e. The van der Waals surface area contributed by atoms with Crippen LogP contribution in [0.5, 0.6) is 0 Å². The molecule has 2 atom stereocenters. The number of carbonyl (C=O) groups excluding carboxylic acids is 2. The van der Waals surface area contributed by atoms with E-state index in [-0.39, 0.29) is 5.92 Å². The molecule has 0 aromatic carbocycles. The number of hydrogen-bond donors (Lipinski definition) is 3. The van der Waals surface area contributed by atoms with E-state index in [4.69, 9.17) is 5.11 Å². The number of nitrogens with one attached hydrogen (secondary N) is 2. The van der Waals surface area contributed by atoms with Gasteiger partial charge in [0.1, 0.15) is 12.1 Å². The van der Waals surface area contributed by atoms with Crippen molar-refractivity contribution in [1.82, 2.24) is 10.6 Å². The molecule has 21 heavy (non-hydrogen) atoms. The van der Waals surface area contributed by atoms with E-state index in [1.165, 1.54) is 7.11 Å². The number of rotatable bonds is 6. The van der Waals surface area contributed by atoms with Gasteiger partial charge in [0.15, 0.2) is 0 Å². The highest BCUT2D eigenvalue weighted by molar-refractivity contribution is 5.86. The predicted octanol–water partition coefficient (Wildman–Crippen LogP) is 1.37. The number of urea groups is 1. The van der Waals surface area contributed by atoms with Gasteiger partial charge in [-0.05, 0) is 17.8 Å². The van der Waals surface area contributed by atoms with Crippen LogP contribution < -0.4 is 10.6 Å². The molecule has 0 saturated heterocycles. The average molecular weight is 302 g/mol. The molecule has 0 aliphatic heterocycles. The summed E-state index contributed by atoms with van der Waals surface area (Å²) in [6.45, 7) is 8.93. The molecule has 7 nitrogen and oxygen atoms in total. The Labute approximate surface area is 125 Å². The molecule has 3 N–H and O–H groups in total. The molecule has 0 spiro atoms. The largest absolute Gasteiger partial charge is 0.480 e. The molecule has 1 unspecified atom stereocenters. The van der Waals surface area contributed by atoms with Crippen LogP contribution in [-0.4, -0.2) is 42.3 Å². The normalized spacial score (nSPS) is 14.2. The highest BCUT2D eigenvalue weighted by Crippen LogP contribution is 2.19. The van der Waals surface area contributed by atoms with E-state index >= 15 is 0 Å². The van der Waals surface area contributed by atoms with Crippen LogP contribution in [0.25, 0.3) is 0 Å². The summed E-state index contributed by atoms with van der Waals surface area (Å²) in [5, 5.41) is 14.0. The first-order valence-corrected chi connectivity index (χ1v) is 6.86. The molecule has 0 rings (SSSR count). The molecular formula is C14H26N2O5. The van der Waals surface area contributed by atoms with Crippen LogP contribution in [0, 0.1) is 11.3 Å². The highest BCUT2D eigenvalue weighted by atomic mass is 16.5. The smallest absolute Gasteiger partial charge is 0.328 e. The Balaban J connectivity index is 4.83. The summed E-state index contributed by atoms with van der Waals surface area (Å²) in [6, 6.07) is -2.56. The van der Waals surface area contributed by atoms with Crippen LogP contribution in [-0.2, 0) is 14.3 Å². The standard InChI is InChI=1S/C14H26N2O5/c1-8(2)7-9(12(19)21-6)15-13(20)16-10(11(17)18)14(3,4)5/h8-10H,7H2,1-6H3,(H,17,18)(H2,15,16,20)/t9?,10-/m1/s1. The second-order valence-electron chi connectivity index (χ2n) is 6.46. The second kappa shape index (κ2) is 7.85. The van der Waals surface area contributed by atoms with Crippen molar-refractivity contribution in [1.29, 1.82) is 0 Å². The van der Waals surface area contributed by atoms with Crippen molar-refractivity contribution >= 4 is 18.0 Å². The van der Waals surface area contributed by atoms with Crippen molar-refractivity contribution in [3.05, 3.63) is 0 Å². The summed E-state index contributed by atoms with van der Waals surface area (Å²) in [5.41, 5.74) is -0.651. The fraction of sp³-hybridized carbons (Fsp3) is 0.786. The fourth-order valence-corrected chi connectivity index (χ4v) is 1.81. The minimum absolute atomic E-state index is 0.173. The number of methoxy groups -OCH3 is 1. The molecule has 0 aromatic heterocycles. The van der Waals surface area contributed by atoms with Crippen LogP contribution in [0.4, 0.5) is 4.79 Å². The Morgan fingerprint density at radius 2 is 1.67 bits per heavy atom. The zero-order valence-corrected chi connectivity index (χ0v) is 13.5. The molecule has 0 aliphatic rings. The van der Waals surface area contributed by atoms with E-state index < -0.39 is 35.5 Å². The van der Waals surface area contributed by atoms with E-state index in [0.717, 1.165) is 0 Å². The van der Waals surface area contributed by atoms with Crippen LogP contribution >= 0.6 is 0 Å². The maximum absolute atomic E-state index is 11.9. The van der Waals surface area contributed by atoms with E-state index in [1.54, 1.807) is 20.8 Å². The first kappa shape index (κ1) is 19.2. The molecule has 2 amide bonds. The number of esters is 1. The lowest BCUT2D eigenvalue weighted by atomic mass is 9.87. The van der Waals surface area contributed by atoms with E-state index in [0.29, 0.717) is 6.42 Å². The lowest BCUT2D eigenvalue weighted by molar-refractivity contribution is -0.143. The fourth-order valence-electron chi connectivity index (χ4n) is 1.81. The van der Waals surface area contributed by atoms with Gasteiger partial charge in [-0.25, -0.2) is 14.4 Å². The quantitative estimate of drug-likeness (QED) is 0.643. The van der Waals surface area contributed by atoms with Crippen molar-refractivity contribution in [2.45, 2.75) is 53.1 Å². The van der Waals surface area contributed by atoms with Crippen molar-refractivity contribution in [3.8, 4) is 0 Å². The lowest BCUT2D eigenvalue weighted by Gasteiger charge is -2.28. The Morgan fingerprint density at radius 1 is 1.14 bits per heavy atom. The first-order chi connectivity index (χ1) is 9.48. The van der Waals surface area contributed by atoms with Gasteiger partial charge in [0.05, 0.1) is 7.11 Å². The van der Waals surface area contributed by atoms with Gasteiger partial charge in [0.2, 0.25) is 0 Å². The van der Waals surface area contributed by atoms with E-state index in [2.05, 4.69) is 15.4 Å². The Morgan fingerprint density at radius 3 is 2.00 bits per heavy atom. The highest BCUT2D eigenvalue weighted by Gasteiger charge is 2.33. The summed E-state index contributed by atoms with van der Waals surface area (Å²) in [5.74, 6) is -1.51. The number of carboxylic acid groups (broad SMARTS) is 1. The maximum Gasteiger partial charge on any atom is 0.328 e. The molecular weight excluding hydrogens is 276 g/mol. The molecule has 122 valence electrons. The van der Waals surface area contributed by atoms with Crippen LogP contribution in [0.3, 0.4) is 0 Å². The number of aliphatic carboxylic acids is 1. The molecule has 7 heteroatoms. The van der Waals surface area contributed by atoms with Gasteiger partial charge in [-0.1, -0.05) is 34.6 Å². The molecule has 0 bridgehead atoms. The Hall–Kier alpha value is -1.79. The van der Waals surface area contributed by atoms with Crippen molar-refractivity contribution in [2.24, 2.45) is 11.3 Å². The summed E-state index contributed by atoms with van der Waals surface area (Å²) in [6.07, 6.45) is 0.410. The maximum atomic E-state index is 11.9. The number of ether oxygens (including phenoxy) is 1. The van der Waals surface area contributed by atoms with Gasteiger partial charge < -0.3 is 20.5 Å². The molecule has 0 aromatic rings. The predicted molar refractivity (Wildman–Crippen MR) is 77.8 cm³/mol. The van der Waals surface area contributed by atoms with Crippen LogP contribution in [0.2, 0.25) is 0 Å². The number of hydrogen-bond acceptors (Lipinski definition) is 4. The van der Waals surface area contributed by atoms with Crippen molar-refractivity contribution in [3.63, 3.8) is 0 Å². The number of carbonyl (C=O) groups is 3. The Bertz CT molecular complexity index is 387. The zero-order valence-electron chi connectivity index (χ0n) is 13.5. The summed E-state index contributed by atoms with van der Waals surface area (Å²) in [7, 11) is 1.24. The third-order valence-corrected chi connectivity index (χ3v) is 2.89. The molecule has 0 aliphatic carbocycles. The van der Waals surface area contributed by atoms with Crippen LogP contribution in [0.1, 0.15) is 41.0 Å². The topological polar surface area (TPSA) is 105 Å². The minimum atomic E-state index is -1.13. The summed E-state index contributed by atoms with van der Waals surface area (Å²) >= 11 is 0. The third-order valence-electron chi connectivity index (χ3n) is 2.89. The number of carboxylic acids is 1. The SMILES string of the molecule is COC(=O)C(CC(C)C)NC(=O)N[C@H](C(=O)O)C(C)(C)C. The third kappa shape index (κ3) is 6.97. The van der Waals surface area contributed by atoms with Gasteiger partial charge >= 0.3 is 18.0 Å². The van der Waals surface area contributed by atoms with Crippen LogP contribution in [0.15, 0.2) is 0 Å². The van der Waals surface area contributed by atoms with Gasteiger partial charge in [-0.3, -0.25) is 0 Å². The lowest BCUT2D eigenvalue weighted by Crippen LogP contribution is -2.55. The van der Waals surface area contributed by atoms with Crippen molar-refractivity contribution < 1.29 is 24.2 Å². The number of amides is 2. The molecule has 0 fully saturated rings. The molecule has 0 radical (unpaired) electrons. The monoisotopic (exact) mass is 302 g/mol. The molecule has 0 saturated carbocycles. The van der Waals surface area contributed by atoms with E-state index in [1.807, 2.05) is 13.8 Å². The summed E-state index contributed by atoms with van der Waals surface area (Å²) in [4.78, 5) is 34.7. The second-order valence-corrected chi connectivity index (χ2v) is 6.46. The average Bonchev–Trinajstić information content (AvgIpc) is 2.31. The van der Waals surface area contributed by atoms with Gasteiger partial charge in [-0.2, -0.15) is 0 Å². The van der Waals surface area contributed by atoms with Gasteiger partial charge in [0, 0.05) is 0 Å². The van der Waals surface area contributed by atoms with Gasteiger partial charge in [0.25, 0.3) is 0 Å². The van der Waals surface area contributed by atoms with E-state index in [9.17, 15) is 14.4 Å². The van der Waals surface area contributed by atoms with Crippen molar-refractivity contribution in [2.75, 3.05) is 7.11 Å². The van der Waals surface area contributed by atoms with Gasteiger partial charge in [-0.15, -0.1) is 0 Å². The zero-order chi connectivity index (χ0) is 16.8. The summed E-state index contributed by atoms with van der Waals surface area (Å²) < 4.78 is 4.64.